The smallest absolute Gasteiger partial charge is 0.303 e. The minimum Gasteiger partial charge on any atom is -0.481 e. The Morgan fingerprint density at radius 1 is 1.26 bits per heavy atom. The molecule has 0 saturated heterocycles. The van der Waals surface area contributed by atoms with E-state index in [4.69, 9.17) is 9.84 Å². The second kappa shape index (κ2) is 12.3. The van der Waals surface area contributed by atoms with E-state index >= 15 is 0 Å². The van der Waals surface area contributed by atoms with Crippen LogP contribution in [0.15, 0.2) is 24.3 Å². The van der Waals surface area contributed by atoms with Crippen LogP contribution in [-0.2, 0) is 9.53 Å². The fourth-order valence-corrected chi connectivity index (χ4v) is 3.81. The van der Waals surface area contributed by atoms with E-state index in [1.54, 1.807) is 7.11 Å². The zero-order chi connectivity index (χ0) is 20.3. The highest BCUT2D eigenvalue weighted by Gasteiger charge is 2.40. The summed E-state index contributed by atoms with van der Waals surface area (Å²) < 4.78 is 5.58. The first-order valence-corrected chi connectivity index (χ1v) is 10.3. The highest BCUT2D eigenvalue weighted by Crippen LogP contribution is 2.38. The molecule has 1 fully saturated rings. The molecule has 5 heteroatoms. The molecule has 0 aromatic heterocycles. The van der Waals surface area contributed by atoms with E-state index in [2.05, 4.69) is 6.92 Å². The van der Waals surface area contributed by atoms with E-state index in [9.17, 15) is 15.0 Å². The molecule has 0 amide bonds. The van der Waals surface area contributed by atoms with Crippen LogP contribution < -0.4 is 0 Å². The second-order valence-corrected chi connectivity index (χ2v) is 7.98. The Morgan fingerprint density at radius 2 is 2.00 bits per heavy atom. The van der Waals surface area contributed by atoms with E-state index in [1.807, 2.05) is 31.2 Å². The third-order valence-electron chi connectivity index (χ3n) is 5.49. The van der Waals surface area contributed by atoms with Gasteiger partial charge < -0.3 is 20.1 Å². The number of rotatable bonds is 13. The summed E-state index contributed by atoms with van der Waals surface area (Å²) >= 11 is 0. The van der Waals surface area contributed by atoms with Crippen LogP contribution in [0.1, 0.15) is 71.6 Å². The van der Waals surface area contributed by atoms with E-state index in [0.29, 0.717) is 12.8 Å². The lowest BCUT2D eigenvalue weighted by molar-refractivity contribution is -0.137. The Balaban J connectivity index is 2.64. The van der Waals surface area contributed by atoms with Crippen molar-refractivity contribution < 1.29 is 24.9 Å². The molecule has 0 unspecified atom stereocenters. The molecular formula is C22H38O5. The zero-order valence-electron chi connectivity index (χ0n) is 17.1. The van der Waals surface area contributed by atoms with E-state index in [-0.39, 0.29) is 24.4 Å². The van der Waals surface area contributed by atoms with Crippen LogP contribution in [0.3, 0.4) is 0 Å². The van der Waals surface area contributed by atoms with Crippen molar-refractivity contribution in [2.75, 3.05) is 7.11 Å². The maximum atomic E-state index is 10.6. The van der Waals surface area contributed by atoms with Gasteiger partial charge in [-0.15, -0.1) is 0 Å². The van der Waals surface area contributed by atoms with Gasteiger partial charge in [0.05, 0.1) is 17.8 Å². The number of hydrogen-bond acceptors (Lipinski definition) is 4. The summed E-state index contributed by atoms with van der Waals surface area (Å²) in [5, 5.41) is 29.7. The Labute approximate surface area is 164 Å². The maximum Gasteiger partial charge on any atom is 0.303 e. The molecule has 0 spiro atoms. The van der Waals surface area contributed by atoms with Gasteiger partial charge in [-0.2, -0.15) is 0 Å². The molecular weight excluding hydrogens is 344 g/mol. The lowest BCUT2D eigenvalue weighted by Crippen LogP contribution is -2.24. The largest absolute Gasteiger partial charge is 0.481 e. The first kappa shape index (κ1) is 23.9. The number of carboxylic acid groups (broad SMARTS) is 1. The third kappa shape index (κ3) is 9.04. The average Bonchev–Trinajstić information content (AvgIpc) is 2.91. The van der Waals surface area contributed by atoms with E-state index in [1.165, 1.54) is 0 Å². The topological polar surface area (TPSA) is 87.0 Å². The van der Waals surface area contributed by atoms with E-state index < -0.39 is 17.7 Å². The number of aliphatic hydroxyl groups is 2. The molecule has 1 rings (SSSR count). The minimum atomic E-state index is -0.835. The zero-order valence-corrected chi connectivity index (χ0v) is 17.1. The summed E-state index contributed by atoms with van der Waals surface area (Å²) in [5.41, 5.74) is -0.835. The van der Waals surface area contributed by atoms with E-state index in [0.717, 1.165) is 38.5 Å². The normalized spacial score (nSPS) is 28.2. The molecule has 0 aromatic rings. The van der Waals surface area contributed by atoms with Crippen molar-refractivity contribution in [3.63, 3.8) is 0 Å². The highest BCUT2D eigenvalue weighted by molar-refractivity contribution is 5.66. The lowest BCUT2D eigenvalue weighted by Gasteiger charge is -2.24. The minimum absolute atomic E-state index is 0.0481. The summed E-state index contributed by atoms with van der Waals surface area (Å²) in [6.07, 6.45) is 14.3. The van der Waals surface area contributed by atoms with Gasteiger partial charge in [0.1, 0.15) is 0 Å². The van der Waals surface area contributed by atoms with Gasteiger partial charge in [-0.05, 0) is 38.5 Å². The molecule has 0 bridgehead atoms. The number of hydrogen-bond donors (Lipinski definition) is 3. The number of ether oxygens (including phenoxy) is 1. The molecule has 27 heavy (non-hydrogen) atoms. The Hall–Kier alpha value is -1.17. The third-order valence-corrected chi connectivity index (χ3v) is 5.49. The quantitative estimate of drug-likeness (QED) is 0.330. The van der Waals surface area contributed by atoms with Gasteiger partial charge in [0.2, 0.25) is 0 Å². The summed E-state index contributed by atoms with van der Waals surface area (Å²) in [5.74, 6) is -0.659. The van der Waals surface area contributed by atoms with Gasteiger partial charge in [-0.3, -0.25) is 4.79 Å². The number of unbranched alkanes of at least 4 members (excludes halogenated alkanes) is 3. The lowest BCUT2D eigenvalue weighted by atomic mass is 9.87. The molecule has 0 aliphatic heterocycles. The van der Waals surface area contributed by atoms with Gasteiger partial charge in [-0.25, -0.2) is 0 Å². The predicted octanol–water partition coefficient (Wildman–Crippen LogP) is 4.09. The molecule has 1 aliphatic carbocycles. The predicted molar refractivity (Wildman–Crippen MR) is 108 cm³/mol. The van der Waals surface area contributed by atoms with Gasteiger partial charge >= 0.3 is 5.97 Å². The first-order valence-electron chi connectivity index (χ1n) is 10.3. The number of allylic oxidation sites excluding steroid dienone is 2. The molecule has 3 N–H and O–H groups in total. The van der Waals surface area contributed by atoms with Gasteiger partial charge in [-0.1, -0.05) is 50.5 Å². The Kier molecular flexibility index (Phi) is 10.9. The number of aliphatic hydroxyl groups excluding tert-OH is 1. The number of carbonyl (C=O) groups is 1. The summed E-state index contributed by atoms with van der Waals surface area (Å²) in [6.45, 7) is 3.98. The highest BCUT2D eigenvalue weighted by atomic mass is 16.5. The van der Waals surface area contributed by atoms with Gasteiger partial charge in [0.25, 0.3) is 0 Å². The van der Waals surface area contributed by atoms with Crippen LogP contribution in [0, 0.1) is 11.8 Å². The van der Waals surface area contributed by atoms with Crippen molar-refractivity contribution in [3.05, 3.63) is 24.3 Å². The maximum absolute atomic E-state index is 10.6. The van der Waals surface area contributed by atoms with Crippen molar-refractivity contribution >= 4 is 5.97 Å². The monoisotopic (exact) mass is 382 g/mol. The van der Waals surface area contributed by atoms with Crippen LogP contribution in [0.5, 0.6) is 0 Å². The number of methoxy groups -OCH3 is 1. The van der Waals surface area contributed by atoms with Crippen LogP contribution in [0.25, 0.3) is 0 Å². The second-order valence-electron chi connectivity index (χ2n) is 7.98. The summed E-state index contributed by atoms with van der Waals surface area (Å²) in [6, 6.07) is 0. The van der Waals surface area contributed by atoms with Crippen LogP contribution in [-0.4, -0.2) is 46.2 Å². The SMILES string of the molecule is CCCCC[C@](C)(O)/C=C/[C@@H]1[C@@H](C/C=C\CCCC(=O)O)[C@@H](O)C[C@H]1OC. The van der Waals surface area contributed by atoms with Crippen LogP contribution in [0.4, 0.5) is 0 Å². The van der Waals surface area contributed by atoms with Crippen molar-refractivity contribution in [2.24, 2.45) is 11.8 Å². The molecule has 0 aromatic carbocycles. The average molecular weight is 383 g/mol. The standard InChI is InChI=1S/C22H38O5/c1-4-5-10-14-22(2,26)15-13-18-17(19(23)16-20(18)27-3)11-8-6-7-9-12-21(24)25/h6,8,13,15,17-20,23,26H,4-5,7,9-12,14,16H2,1-3H3,(H,24,25)/b8-6-,15-13+/t17-,18-,19+,20-,22+/m1/s1. The molecule has 156 valence electrons. The summed E-state index contributed by atoms with van der Waals surface area (Å²) in [7, 11) is 1.67. The molecule has 5 nitrogen and oxygen atoms in total. The van der Waals surface area contributed by atoms with Gasteiger partial charge in [0, 0.05) is 25.9 Å². The van der Waals surface area contributed by atoms with Crippen molar-refractivity contribution in [1.29, 1.82) is 0 Å². The molecule has 5 atom stereocenters. The molecule has 0 heterocycles. The van der Waals surface area contributed by atoms with Crippen molar-refractivity contribution in [1.82, 2.24) is 0 Å². The van der Waals surface area contributed by atoms with Crippen molar-refractivity contribution in [2.45, 2.75) is 89.4 Å². The fourth-order valence-electron chi connectivity index (χ4n) is 3.81. The number of aliphatic carboxylic acids is 1. The van der Waals surface area contributed by atoms with Crippen LogP contribution in [0.2, 0.25) is 0 Å². The van der Waals surface area contributed by atoms with Crippen LogP contribution >= 0.6 is 0 Å². The molecule has 0 radical (unpaired) electrons. The van der Waals surface area contributed by atoms with Crippen molar-refractivity contribution in [3.8, 4) is 0 Å². The number of carboxylic acids is 1. The molecule has 1 saturated carbocycles. The fraction of sp³-hybridized carbons (Fsp3) is 0.773. The summed E-state index contributed by atoms with van der Waals surface area (Å²) in [4.78, 5) is 10.5. The Morgan fingerprint density at radius 3 is 2.63 bits per heavy atom. The first-order chi connectivity index (χ1) is 12.8. The molecule has 1 aliphatic rings. The Bertz CT molecular complexity index is 483. The van der Waals surface area contributed by atoms with Gasteiger partial charge in [0.15, 0.2) is 0 Å².